The molecule has 0 unspecified atom stereocenters. The lowest BCUT2D eigenvalue weighted by atomic mass is 10.3. The number of carbonyl (C=O) groups excluding carboxylic acids is 1. The van der Waals surface area contributed by atoms with Crippen molar-refractivity contribution in [2.75, 3.05) is 7.11 Å². The molecule has 7 heteroatoms. The Balaban J connectivity index is 3.23. The Morgan fingerprint density at radius 3 is 2.67 bits per heavy atom. The molecule has 1 aromatic rings. The summed E-state index contributed by atoms with van der Waals surface area (Å²) in [5, 5.41) is 14.3. The van der Waals surface area contributed by atoms with E-state index in [9.17, 15) is 14.9 Å². The fourth-order valence-corrected chi connectivity index (χ4v) is 1.04. The lowest BCUT2D eigenvalue weighted by molar-refractivity contribution is -0.390. The SMILES string of the molecule is COC(=O)c1cn(C(C)C)nc1[N+](=O)[O-]. The molecule has 0 aliphatic carbocycles. The van der Waals surface area contributed by atoms with E-state index in [4.69, 9.17) is 0 Å². The van der Waals surface area contributed by atoms with Crippen LogP contribution in [0.1, 0.15) is 30.2 Å². The number of ether oxygens (including phenoxy) is 1. The van der Waals surface area contributed by atoms with E-state index in [1.807, 2.05) is 0 Å². The van der Waals surface area contributed by atoms with Crippen LogP contribution in [-0.2, 0) is 4.74 Å². The molecule has 0 aliphatic rings. The second-order valence-corrected chi connectivity index (χ2v) is 3.19. The number of hydrogen-bond donors (Lipinski definition) is 0. The van der Waals surface area contributed by atoms with Crippen molar-refractivity contribution < 1.29 is 14.5 Å². The molecule has 0 bridgehead atoms. The van der Waals surface area contributed by atoms with Crippen molar-refractivity contribution in [1.29, 1.82) is 0 Å². The summed E-state index contributed by atoms with van der Waals surface area (Å²) < 4.78 is 5.78. The number of nitrogens with zero attached hydrogens (tertiary/aromatic N) is 3. The summed E-state index contributed by atoms with van der Waals surface area (Å²) in [6.07, 6.45) is 1.31. The fourth-order valence-electron chi connectivity index (χ4n) is 1.04. The van der Waals surface area contributed by atoms with Crippen molar-refractivity contribution >= 4 is 11.8 Å². The van der Waals surface area contributed by atoms with Gasteiger partial charge in [-0.15, -0.1) is 0 Å². The van der Waals surface area contributed by atoms with Crippen LogP contribution in [0.5, 0.6) is 0 Å². The maximum atomic E-state index is 11.2. The van der Waals surface area contributed by atoms with Gasteiger partial charge >= 0.3 is 11.8 Å². The number of carbonyl (C=O) groups is 1. The number of nitro groups is 1. The van der Waals surface area contributed by atoms with Gasteiger partial charge in [0.2, 0.25) is 0 Å². The Hall–Kier alpha value is -1.92. The summed E-state index contributed by atoms with van der Waals surface area (Å²) in [5.41, 5.74) is -0.129. The molecule has 15 heavy (non-hydrogen) atoms. The third kappa shape index (κ3) is 2.12. The van der Waals surface area contributed by atoms with Crippen LogP contribution >= 0.6 is 0 Å². The first-order chi connectivity index (χ1) is 6.97. The first-order valence-electron chi connectivity index (χ1n) is 4.29. The molecule has 0 amide bonds. The second-order valence-electron chi connectivity index (χ2n) is 3.19. The zero-order chi connectivity index (χ0) is 11.6. The molecule has 0 saturated carbocycles. The van der Waals surface area contributed by atoms with Gasteiger partial charge in [-0.3, -0.25) is 0 Å². The molecule has 1 rings (SSSR count). The average molecular weight is 213 g/mol. The van der Waals surface area contributed by atoms with E-state index in [0.29, 0.717) is 0 Å². The average Bonchev–Trinajstić information content (AvgIpc) is 2.61. The molecule has 0 spiro atoms. The third-order valence-electron chi connectivity index (χ3n) is 1.82. The van der Waals surface area contributed by atoms with Gasteiger partial charge in [0, 0.05) is 0 Å². The molecule has 1 aromatic heterocycles. The summed E-state index contributed by atoms with van der Waals surface area (Å²) in [4.78, 5) is 21.1. The van der Waals surface area contributed by atoms with E-state index < -0.39 is 16.7 Å². The van der Waals surface area contributed by atoms with E-state index in [1.54, 1.807) is 13.8 Å². The number of methoxy groups -OCH3 is 1. The monoisotopic (exact) mass is 213 g/mol. The summed E-state index contributed by atoms with van der Waals surface area (Å²) >= 11 is 0. The molecule has 0 atom stereocenters. The number of hydrogen-bond acceptors (Lipinski definition) is 5. The Kier molecular flexibility index (Phi) is 3.03. The zero-order valence-corrected chi connectivity index (χ0v) is 8.63. The minimum absolute atomic E-state index is 0.0536. The first kappa shape index (κ1) is 11.2. The van der Waals surface area contributed by atoms with Crippen molar-refractivity contribution in [3.63, 3.8) is 0 Å². The van der Waals surface area contributed by atoms with Crippen molar-refractivity contribution in [3.05, 3.63) is 21.9 Å². The first-order valence-corrected chi connectivity index (χ1v) is 4.29. The van der Waals surface area contributed by atoms with Crippen LogP contribution < -0.4 is 0 Å². The highest BCUT2D eigenvalue weighted by atomic mass is 16.6. The zero-order valence-electron chi connectivity index (χ0n) is 8.63. The van der Waals surface area contributed by atoms with Gasteiger partial charge in [0.15, 0.2) is 5.56 Å². The van der Waals surface area contributed by atoms with E-state index in [1.165, 1.54) is 18.0 Å². The van der Waals surface area contributed by atoms with Gasteiger partial charge in [-0.05, 0) is 18.8 Å². The summed E-state index contributed by atoms with van der Waals surface area (Å²) in [6, 6.07) is -0.0536. The normalized spacial score (nSPS) is 10.4. The highest BCUT2D eigenvalue weighted by Crippen LogP contribution is 2.18. The van der Waals surface area contributed by atoms with Gasteiger partial charge in [-0.25, -0.2) is 4.79 Å². The predicted molar refractivity (Wildman–Crippen MR) is 50.6 cm³/mol. The van der Waals surface area contributed by atoms with Gasteiger partial charge in [0.1, 0.15) is 0 Å². The van der Waals surface area contributed by atoms with Gasteiger partial charge in [0.25, 0.3) is 0 Å². The van der Waals surface area contributed by atoms with Crippen molar-refractivity contribution in [2.24, 2.45) is 0 Å². The smallest absolute Gasteiger partial charge is 0.404 e. The van der Waals surface area contributed by atoms with Gasteiger partial charge in [-0.1, -0.05) is 0 Å². The minimum Gasteiger partial charge on any atom is -0.465 e. The molecule has 0 radical (unpaired) electrons. The molecule has 7 nitrogen and oxygen atoms in total. The molecule has 0 aliphatic heterocycles. The minimum atomic E-state index is -0.756. The summed E-state index contributed by atoms with van der Waals surface area (Å²) in [5.74, 6) is -1.23. The lowest BCUT2D eigenvalue weighted by Crippen LogP contribution is -2.03. The highest BCUT2D eigenvalue weighted by molar-refractivity contribution is 5.92. The summed E-state index contributed by atoms with van der Waals surface area (Å²) in [6.45, 7) is 3.61. The van der Waals surface area contributed by atoms with Crippen LogP contribution in [0.4, 0.5) is 5.82 Å². The third-order valence-corrected chi connectivity index (χ3v) is 1.82. The summed E-state index contributed by atoms with van der Waals surface area (Å²) in [7, 11) is 1.17. The maximum Gasteiger partial charge on any atom is 0.404 e. The van der Waals surface area contributed by atoms with Crippen molar-refractivity contribution in [1.82, 2.24) is 9.78 Å². The van der Waals surface area contributed by atoms with Crippen LogP contribution in [0.25, 0.3) is 0 Å². The van der Waals surface area contributed by atoms with Crippen LogP contribution in [0.3, 0.4) is 0 Å². The molecular weight excluding hydrogens is 202 g/mol. The standard InChI is InChI=1S/C8H11N3O4/c1-5(2)10-4-6(8(12)15-3)7(9-10)11(13)14/h4-5H,1-3H3. The van der Waals surface area contributed by atoms with E-state index in [0.717, 1.165) is 0 Å². The van der Waals surface area contributed by atoms with Gasteiger partial charge in [-0.2, -0.15) is 4.68 Å². The van der Waals surface area contributed by atoms with E-state index in [-0.39, 0.29) is 11.6 Å². The molecule has 82 valence electrons. The van der Waals surface area contributed by atoms with Gasteiger partial charge in [0.05, 0.1) is 24.4 Å². The molecule has 1 heterocycles. The Labute approximate surface area is 85.8 Å². The Bertz CT molecular complexity index is 397. The largest absolute Gasteiger partial charge is 0.465 e. The molecule has 0 aromatic carbocycles. The van der Waals surface area contributed by atoms with E-state index in [2.05, 4.69) is 9.84 Å². The van der Waals surface area contributed by atoms with E-state index >= 15 is 0 Å². The fraction of sp³-hybridized carbons (Fsp3) is 0.500. The highest BCUT2D eigenvalue weighted by Gasteiger charge is 2.27. The number of aromatic nitrogens is 2. The number of rotatable bonds is 3. The van der Waals surface area contributed by atoms with Gasteiger partial charge < -0.3 is 14.9 Å². The second kappa shape index (κ2) is 4.07. The molecular formula is C8H11N3O4. The molecule has 0 N–H and O–H groups in total. The number of esters is 1. The van der Waals surface area contributed by atoms with Crippen LogP contribution in [0.15, 0.2) is 6.20 Å². The Morgan fingerprint density at radius 2 is 2.27 bits per heavy atom. The molecule has 0 fully saturated rings. The Morgan fingerprint density at radius 1 is 1.67 bits per heavy atom. The van der Waals surface area contributed by atoms with Crippen molar-refractivity contribution in [2.45, 2.75) is 19.9 Å². The topological polar surface area (TPSA) is 87.3 Å². The maximum absolute atomic E-state index is 11.2. The van der Waals surface area contributed by atoms with Crippen LogP contribution in [0.2, 0.25) is 0 Å². The van der Waals surface area contributed by atoms with Crippen molar-refractivity contribution in [3.8, 4) is 0 Å². The lowest BCUT2D eigenvalue weighted by Gasteiger charge is -1.96. The van der Waals surface area contributed by atoms with Crippen LogP contribution in [0, 0.1) is 10.1 Å². The quantitative estimate of drug-likeness (QED) is 0.427. The molecule has 0 saturated heterocycles. The van der Waals surface area contributed by atoms with Crippen LogP contribution in [-0.4, -0.2) is 27.8 Å². The predicted octanol–water partition coefficient (Wildman–Crippen LogP) is 1.16.